The largest absolute Gasteiger partial charge is 0.480 e. The molecule has 1 unspecified atom stereocenters. The Hall–Kier alpha value is -1.62. The van der Waals surface area contributed by atoms with Crippen LogP contribution in [0.5, 0.6) is 0 Å². The summed E-state index contributed by atoms with van der Waals surface area (Å²) >= 11 is 5.72. The number of sulfonamides is 1. The number of aliphatic carboxylic acids is 1. The van der Waals surface area contributed by atoms with Gasteiger partial charge < -0.3 is 5.11 Å². The Labute approximate surface area is 122 Å². The highest BCUT2D eigenvalue weighted by Crippen LogP contribution is 2.20. The van der Waals surface area contributed by atoms with Crippen molar-refractivity contribution in [3.8, 4) is 6.07 Å². The quantitative estimate of drug-likeness (QED) is 0.831. The van der Waals surface area contributed by atoms with Crippen molar-refractivity contribution in [3.05, 3.63) is 28.8 Å². The van der Waals surface area contributed by atoms with Gasteiger partial charge in [0, 0.05) is 0 Å². The van der Waals surface area contributed by atoms with E-state index >= 15 is 0 Å². The first kappa shape index (κ1) is 16.4. The Bertz CT molecular complexity index is 652. The Kier molecular flexibility index (Phi) is 5.51. The molecule has 0 fully saturated rings. The summed E-state index contributed by atoms with van der Waals surface area (Å²) in [4.78, 5) is 10.8. The molecule has 1 atom stereocenters. The van der Waals surface area contributed by atoms with E-state index in [2.05, 4.69) is 4.72 Å². The van der Waals surface area contributed by atoms with Crippen LogP contribution in [0.15, 0.2) is 23.1 Å². The fourth-order valence-corrected chi connectivity index (χ4v) is 2.94. The Morgan fingerprint density at radius 3 is 2.70 bits per heavy atom. The molecule has 2 N–H and O–H groups in total. The molecular formula is C12H13ClN2O4S. The maximum absolute atomic E-state index is 12.1. The third-order valence-corrected chi connectivity index (χ3v) is 4.34. The van der Waals surface area contributed by atoms with Gasteiger partial charge in [0.1, 0.15) is 12.1 Å². The number of hydrogen-bond acceptors (Lipinski definition) is 4. The molecule has 0 aliphatic heterocycles. The second kappa shape index (κ2) is 6.70. The third-order valence-electron chi connectivity index (χ3n) is 2.54. The summed E-state index contributed by atoms with van der Waals surface area (Å²) in [5.74, 6) is -1.25. The van der Waals surface area contributed by atoms with Crippen molar-refractivity contribution in [3.63, 3.8) is 0 Å². The van der Waals surface area contributed by atoms with Crippen LogP contribution >= 0.6 is 11.6 Å². The molecule has 0 heterocycles. The predicted octanol–water partition coefficient (Wildman–Crippen LogP) is 1.74. The first-order valence-corrected chi connectivity index (χ1v) is 7.62. The molecule has 108 valence electrons. The summed E-state index contributed by atoms with van der Waals surface area (Å²) in [7, 11) is -4.02. The number of hydrogen-bond donors (Lipinski definition) is 2. The number of rotatable bonds is 6. The molecule has 8 heteroatoms. The van der Waals surface area contributed by atoms with Crippen molar-refractivity contribution in [2.45, 2.75) is 30.7 Å². The SMILES string of the molecule is CCCC(NS(=O)(=O)c1ccc(Cl)c(C#N)c1)C(=O)O. The molecule has 0 aromatic heterocycles. The highest BCUT2D eigenvalue weighted by atomic mass is 35.5. The van der Waals surface area contributed by atoms with Gasteiger partial charge in [-0.3, -0.25) is 4.79 Å². The van der Waals surface area contributed by atoms with Crippen LogP contribution in [-0.2, 0) is 14.8 Å². The second-order valence-corrected chi connectivity index (χ2v) is 6.18. The zero-order chi connectivity index (χ0) is 15.3. The molecule has 0 radical (unpaired) electrons. The monoisotopic (exact) mass is 316 g/mol. The van der Waals surface area contributed by atoms with E-state index in [4.69, 9.17) is 22.0 Å². The topological polar surface area (TPSA) is 107 Å². The van der Waals surface area contributed by atoms with Gasteiger partial charge in [0.15, 0.2) is 0 Å². The highest BCUT2D eigenvalue weighted by Gasteiger charge is 2.25. The van der Waals surface area contributed by atoms with Crippen LogP contribution in [0.25, 0.3) is 0 Å². The lowest BCUT2D eigenvalue weighted by Crippen LogP contribution is -2.40. The maximum Gasteiger partial charge on any atom is 0.321 e. The van der Waals surface area contributed by atoms with Crippen LogP contribution in [0.3, 0.4) is 0 Å². The van der Waals surface area contributed by atoms with E-state index < -0.39 is 22.0 Å². The van der Waals surface area contributed by atoms with E-state index in [1.807, 2.05) is 0 Å². The lowest BCUT2D eigenvalue weighted by molar-refractivity contribution is -0.139. The van der Waals surface area contributed by atoms with Crippen molar-refractivity contribution in [2.75, 3.05) is 0 Å². The first-order valence-electron chi connectivity index (χ1n) is 5.76. The number of nitrogens with one attached hydrogen (secondary N) is 1. The van der Waals surface area contributed by atoms with E-state index in [0.29, 0.717) is 6.42 Å². The van der Waals surface area contributed by atoms with Gasteiger partial charge in [0.2, 0.25) is 10.0 Å². The highest BCUT2D eigenvalue weighted by molar-refractivity contribution is 7.89. The van der Waals surface area contributed by atoms with Crippen LogP contribution in [0, 0.1) is 11.3 Å². The number of carboxylic acids is 1. The fourth-order valence-electron chi connectivity index (χ4n) is 1.53. The van der Waals surface area contributed by atoms with E-state index in [-0.39, 0.29) is 21.9 Å². The van der Waals surface area contributed by atoms with Gasteiger partial charge in [-0.25, -0.2) is 8.42 Å². The number of nitrogens with zero attached hydrogens (tertiary/aromatic N) is 1. The summed E-state index contributed by atoms with van der Waals surface area (Å²) in [6.07, 6.45) is 0.691. The summed E-state index contributed by atoms with van der Waals surface area (Å²) in [6, 6.07) is 4.17. The Morgan fingerprint density at radius 1 is 1.55 bits per heavy atom. The zero-order valence-corrected chi connectivity index (χ0v) is 12.2. The predicted molar refractivity (Wildman–Crippen MR) is 72.8 cm³/mol. The second-order valence-electron chi connectivity index (χ2n) is 4.05. The molecule has 0 bridgehead atoms. The van der Waals surface area contributed by atoms with Gasteiger partial charge >= 0.3 is 5.97 Å². The summed E-state index contributed by atoms with van der Waals surface area (Å²) in [6.45, 7) is 1.75. The number of carboxylic acid groups (broad SMARTS) is 1. The molecule has 0 aliphatic rings. The van der Waals surface area contributed by atoms with Gasteiger partial charge in [0.25, 0.3) is 0 Å². The minimum Gasteiger partial charge on any atom is -0.480 e. The third kappa shape index (κ3) is 3.93. The molecule has 6 nitrogen and oxygen atoms in total. The number of nitriles is 1. The van der Waals surface area contributed by atoms with Gasteiger partial charge in [0.05, 0.1) is 15.5 Å². The number of benzene rings is 1. The zero-order valence-electron chi connectivity index (χ0n) is 10.6. The van der Waals surface area contributed by atoms with E-state index in [1.54, 1.807) is 13.0 Å². The van der Waals surface area contributed by atoms with Crippen LogP contribution in [0.4, 0.5) is 0 Å². The van der Waals surface area contributed by atoms with Crippen LogP contribution in [0.2, 0.25) is 5.02 Å². The van der Waals surface area contributed by atoms with Gasteiger partial charge in [-0.2, -0.15) is 9.98 Å². The number of carbonyl (C=O) groups is 1. The average molecular weight is 317 g/mol. The molecule has 0 aliphatic carbocycles. The van der Waals surface area contributed by atoms with Crippen molar-refractivity contribution < 1.29 is 18.3 Å². The molecular weight excluding hydrogens is 304 g/mol. The van der Waals surface area contributed by atoms with Gasteiger partial charge in [-0.05, 0) is 24.6 Å². The molecule has 20 heavy (non-hydrogen) atoms. The smallest absolute Gasteiger partial charge is 0.321 e. The van der Waals surface area contributed by atoms with Crippen LogP contribution in [-0.4, -0.2) is 25.5 Å². The lowest BCUT2D eigenvalue weighted by Gasteiger charge is -2.14. The van der Waals surface area contributed by atoms with E-state index in [9.17, 15) is 13.2 Å². The van der Waals surface area contributed by atoms with E-state index in [1.165, 1.54) is 12.1 Å². The standard InChI is InChI=1S/C12H13ClN2O4S/c1-2-3-11(12(16)17)15-20(18,19)9-4-5-10(13)8(6-9)7-14/h4-6,11,15H,2-3H2,1H3,(H,16,17). The first-order chi connectivity index (χ1) is 9.31. The summed E-state index contributed by atoms with van der Waals surface area (Å²) in [5, 5.41) is 17.9. The van der Waals surface area contributed by atoms with Gasteiger partial charge in [-0.1, -0.05) is 24.9 Å². The van der Waals surface area contributed by atoms with Crippen LogP contribution < -0.4 is 4.72 Å². The minimum atomic E-state index is -4.02. The molecule has 1 aromatic carbocycles. The minimum absolute atomic E-state index is 0.0110. The average Bonchev–Trinajstić information content (AvgIpc) is 2.38. The fraction of sp³-hybridized carbons (Fsp3) is 0.333. The lowest BCUT2D eigenvalue weighted by atomic mass is 10.2. The molecule has 0 saturated heterocycles. The molecule has 1 aromatic rings. The molecule has 1 rings (SSSR count). The van der Waals surface area contributed by atoms with Gasteiger partial charge in [-0.15, -0.1) is 0 Å². The van der Waals surface area contributed by atoms with Crippen molar-refractivity contribution >= 4 is 27.6 Å². The molecule has 0 saturated carbocycles. The number of halogens is 1. The molecule has 0 spiro atoms. The molecule has 0 amide bonds. The normalized spacial score (nSPS) is 12.7. The van der Waals surface area contributed by atoms with Crippen LogP contribution in [0.1, 0.15) is 25.3 Å². The van der Waals surface area contributed by atoms with E-state index in [0.717, 1.165) is 6.07 Å². The Balaban J connectivity index is 3.11. The van der Waals surface area contributed by atoms with Crippen molar-refractivity contribution in [1.29, 1.82) is 5.26 Å². The summed E-state index contributed by atoms with van der Waals surface area (Å²) < 4.78 is 26.2. The van der Waals surface area contributed by atoms with Crippen molar-refractivity contribution in [2.24, 2.45) is 0 Å². The Morgan fingerprint density at radius 2 is 2.20 bits per heavy atom. The summed E-state index contributed by atoms with van der Waals surface area (Å²) in [5.41, 5.74) is 0.0110. The maximum atomic E-state index is 12.1. The van der Waals surface area contributed by atoms with Crippen molar-refractivity contribution in [1.82, 2.24) is 4.72 Å².